The van der Waals surface area contributed by atoms with E-state index in [-0.39, 0.29) is 122 Å². The zero-order chi connectivity index (χ0) is 70.0. The molecular formula is C76H68Cl8O14. The lowest BCUT2D eigenvalue weighted by atomic mass is 9.83. The van der Waals surface area contributed by atoms with Crippen molar-refractivity contribution in [3.8, 4) is 0 Å². The van der Waals surface area contributed by atoms with Crippen molar-refractivity contribution in [2.24, 2.45) is 0 Å². The van der Waals surface area contributed by atoms with Crippen molar-refractivity contribution >= 4 is 227 Å². The number of unbranched alkanes of at least 4 members (excludes halogenated alkanes) is 16. The second-order valence-electron chi connectivity index (χ2n) is 24.8. The SMILES string of the molecule is CCCCCCCOC(=O)c1cc(Cl)c2c3c(Cl)cc(C(=O)OCCCCCCC)c4c(C(=O)OCCCCCCC)cc(Cl)c(c5c(Cl)cc(C(=O)OCCCCCCC)c1c25)c43.O=C1OC(=O)c2cc(Cl)c3c4c(Cl)cc5c6c(cc(Cl)c(c7c(Cl)cc1c2c73)c64)C(=O)OC5=O. The van der Waals surface area contributed by atoms with Gasteiger partial charge in [-0.05, 0) is 74.2 Å². The van der Waals surface area contributed by atoms with Crippen LogP contribution in [0, 0.1) is 0 Å². The maximum absolute atomic E-state index is 14.2. The normalized spacial score (nSPS) is 12.9. The molecule has 0 N–H and O–H groups in total. The Morgan fingerprint density at radius 1 is 0.255 bits per heavy atom. The number of fused-ring (bicyclic) bond motifs is 4. The number of carbonyl (C=O) groups is 8. The van der Waals surface area contributed by atoms with E-state index in [1.54, 1.807) is 0 Å². The minimum absolute atomic E-state index is 0.0512. The summed E-state index contributed by atoms with van der Waals surface area (Å²) in [6.45, 7) is 9.25. The molecule has 0 radical (unpaired) electrons. The van der Waals surface area contributed by atoms with Crippen LogP contribution < -0.4 is 0 Å². The molecule has 0 spiro atoms. The number of ether oxygens (including phenoxy) is 6. The second-order valence-corrected chi connectivity index (χ2v) is 28.1. The van der Waals surface area contributed by atoms with E-state index in [4.69, 9.17) is 121 Å². The zero-order valence-electron chi connectivity index (χ0n) is 54.3. The van der Waals surface area contributed by atoms with E-state index in [0.717, 1.165) is 103 Å². The summed E-state index contributed by atoms with van der Waals surface area (Å²) in [4.78, 5) is 107. The highest BCUT2D eigenvalue weighted by Gasteiger charge is 2.38. The lowest BCUT2D eigenvalue weighted by Crippen LogP contribution is -2.21. The van der Waals surface area contributed by atoms with Gasteiger partial charge in [-0.15, -0.1) is 0 Å². The fourth-order valence-corrected chi connectivity index (χ4v) is 16.1. The van der Waals surface area contributed by atoms with Crippen molar-refractivity contribution in [1.82, 2.24) is 0 Å². The smallest absolute Gasteiger partial charge is 0.346 e. The molecule has 10 aromatic carbocycles. The summed E-state index contributed by atoms with van der Waals surface area (Å²) in [5.74, 6) is -6.05. The highest BCUT2D eigenvalue weighted by atomic mass is 35.5. The molecule has 12 rings (SSSR count). The monoisotopic (exact) mass is 1480 g/mol. The van der Waals surface area contributed by atoms with Crippen LogP contribution in [0.1, 0.15) is 239 Å². The van der Waals surface area contributed by atoms with Crippen LogP contribution in [-0.2, 0) is 28.4 Å². The van der Waals surface area contributed by atoms with Crippen molar-refractivity contribution in [2.45, 2.75) is 156 Å². The van der Waals surface area contributed by atoms with Crippen molar-refractivity contribution < 1.29 is 66.8 Å². The van der Waals surface area contributed by atoms with E-state index in [1.807, 2.05) is 0 Å². The van der Waals surface area contributed by atoms with Gasteiger partial charge in [-0.25, -0.2) is 38.4 Å². The lowest BCUT2D eigenvalue weighted by Gasteiger charge is -2.25. The molecule has 0 fully saturated rings. The molecule has 0 saturated heterocycles. The van der Waals surface area contributed by atoms with E-state index < -0.39 is 47.8 Å². The molecule has 10 aromatic rings. The first-order chi connectivity index (χ1) is 47.2. The van der Waals surface area contributed by atoms with Crippen LogP contribution in [0.3, 0.4) is 0 Å². The first-order valence-corrected chi connectivity index (χ1v) is 36.4. The Balaban J connectivity index is 0.000000236. The molecule has 0 amide bonds. The third kappa shape index (κ3) is 13.7. The first-order valence-electron chi connectivity index (χ1n) is 33.4. The van der Waals surface area contributed by atoms with Gasteiger partial charge in [0.1, 0.15) is 0 Å². The standard InChI is InChI=1S/C52H64Cl4O8.C24H4Cl4O6/c1-5-9-13-17-21-25-61-49(57)33-29-37(53)43-45-39(55)31-35(51(59)63-27-23-19-15-11-7-3)42-36(52(60)64-28-24-20-16-12-8-4)32-40(56)46(48(42)45)44-38(54)30-34(41(33)47(43)44)50(58)62-26-22-18-14-10-6-2;25-9-1-5-13-6(22(30)33-21(5)29)2-11(27)17-18-12(28)4-8-14-7(23(31)34-24(8)32)3-10(26)16(20(14)18)15(9)19(13)17/h29-32H,5-28H2,1-4H3;1-4H. The molecule has 2 aliphatic heterocycles. The molecule has 0 bridgehead atoms. The van der Waals surface area contributed by atoms with Crippen LogP contribution >= 0.6 is 92.8 Å². The molecule has 0 aromatic heterocycles. The van der Waals surface area contributed by atoms with Gasteiger partial charge in [-0.2, -0.15) is 0 Å². The van der Waals surface area contributed by atoms with Gasteiger partial charge in [-0.3, -0.25) is 0 Å². The molecule has 0 unspecified atom stereocenters. The van der Waals surface area contributed by atoms with E-state index in [9.17, 15) is 38.4 Å². The number of carbonyl (C=O) groups excluding carboxylic acids is 8. The quantitative estimate of drug-likeness (QED) is 0.0112. The number of hydrogen-bond acceptors (Lipinski definition) is 14. The van der Waals surface area contributed by atoms with Gasteiger partial charge in [0.15, 0.2) is 0 Å². The van der Waals surface area contributed by atoms with E-state index in [2.05, 4.69) is 27.7 Å². The number of benzene rings is 10. The molecule has 22 heteroatoms. The van der Waals surface area contributed by atoms with E-state index in [1.165, 1.54) is 48.5 Å². The van der Waals surface area contributed by atoms with E-state index in [0.29, 0.717) is 101 Å². The molecule has 2 aliphatic rings. The average molecular weight is 1490 g/mol. The lowest BCUT2D eigenvalue weighted by molar-refractivity contribution is 0.0373. The van der Waals surface area contributed by atoms with Crippen LogP contribution in [0.25, 0.3) is 86.2 Å². The van der Waals surface area contributed by atoms with Crippen LogP contribution in [0.2, 0.25) is 40.2 Å². The molecule has 14 nitrogen and oxygen atoms in total. The van der Waals surface area contributed by atoms with Crippen molar-refractivity contribution in [2.75, 3.05) is 26.4 Å². The Kier molecular flexibility index (Phi) is 23.3. The maximum Gasteiger partial charge on any atom is 0.346 e. The van der Waals surface area contributed by atoms with Crippen molar-refractivity contribution in [3.05, 3.63) is 133 Å². The summed E-state index contributed by atoms with van der Waals surface area (Å²) < 4.78 is 33.1. The van der Waals surface area contributed by atoms with Gasteiger partial charge in [0.05, 0.1) is 70.9 Å². The van der Waals surface area contributed by atoms with Gasteiger partial charge in [0.25, 0.3) is 0 Å². The van der Waals surface area contributed by atoms with Crippen LogP contribution in [0.4, 0.5) is 0 Å². The summed E-state index contributed by atoms with van der Waals surface area (Å²) in [5, 5.41) is 6.44. The maximum atomic E-state index is 14.2. The number of esters is 8. The first kappa shape index (κ1) is 72.5. The van der Waals surface area contributed by atoms with Gasteiger partial charge in [0, 0.05) is 126 Å². The number of rotatable bonds is 28. The Bertz CT molecular complexity index is 4340. The molecule has 98 heavy (non-hydrogen) atoms. The third-order valence-corrected chi connectivity index (χ3v) is 20.7. The minimum atomic E-state index is -0.846. The molecule has 512 valence electrons. The summed E-state index contributed by atoms with van der Waals surface area (Å²) in [6.07, 6.45) is 19.1. The Morgan fingerprint density at radius 3 is 0.643 bits per heavy atom. The molecule has 0 atom stereocenters. The van der Waals surface area contributed by atoms with Crippen LogP contribution in [0.15, 0.2) is 48.5 Å². The van der Waals surface area contributed by atoms with Crippen molar-refractivity contribution in [3.63, 3.8) is 0 Å². The second kappa shape index (κ2) is 31.4. The highest BCUT2D eigenvalue weighted by molar-refractivity contribution is 6.57. The van der Waals surface area contributed by atoms with Gasteiger partial charge >= 0.3 is 47.8 Å². The van der Waals surface area contributed by atoms with Crippen LogP contribution in [0.5, 0.6) is 0 Å². The largest absolute Gasteiger partial charge is 0.462 e. The fraction of sp³-hybridized carbons (Fsp3) is 0.368. The molecule has 0 saturated carbocycles. The highest BCUT2D eigenvalue weighted by Crippen LogP contribution is 2.56. The van der Waals surface area contributed by atoms with Crippen molar-refractivity contribution in [1.29, 1.82) is 0 Å². The Hall–Kier alpha value is -6.72. The predicted molar refractivity (Wildman–Crippen MR) is 391 cm³/mol. The average Bonchev–Trinajstić information content (AvgIpc) is 0.690. The van der Waals surface area contributed by atoms with Gasteiger partial charge in [0.2, 0.25) is 0 Å². The van der Waals surface area contributed by atoms with E-state index >= 15 is 0 Å². The third-order valence-electron chi connectivity index (χ3n) is 18.3. The number of halogens is 8. The molecule has 2 heterocycles. The topological polar surface area (TPSA) is 192 Å². The Morgan fingerprint density at radius 2 is 0.439 bits per heavy atom. The molecular weight excluding hydrogens is 1420 g/mol. The summed E-state index contributed by atoms with van der Waals surface area (Å²) in [6, 6.07) is 11.5. The van der Waals surface area contributed by atoms with Gasteiger partial charge in [-0.1, -0.05) is 223 Å². The number of hydrogen-bond donors (Lipinski definition) is 0. The van der Waals surface area contributed by atoms with Crippen LogP contribution in [-0.4, -0.2) is 74.2 Å². The summed E-state index contributed by atoms with van der Waals surface area (Å²) in [7, 11) is 0. The van der Waals surface area contributed by atoms with Gasteiger partial charge < -0.3 is 28.4 Å². The summed E-state index contributed by atoms with van der Waals surface area (Å²) in [5.41, 5.74) is 0.580. The summed E-state index contributed by atoms with van der Waals surface area (Å²) >= 11 is 55.8. The predicted octanol–water partition coefficient (Wildman–Crippen LogP) is 23.8. The molecule has 0 aliphatic carbocycles. The Labute approximate surface area is 604 Å². The fourth-order valence-electron chi connectivity index (χ4n) is 13.7. The number of cyclic esters (lactones) is 4. The zero-order valence-corrected chi connectivity index (χ0v) is 60.4. The minimum Gasteiger partial charge on any atom is -0.462 e.